The molecule has 0 aromatic carbocycles. The summed E-state index contributed by atoms with van der Waals surface area (Å²) in [6, 6.07) is 0. The van der Waals surface area contributed by atoms with E-state index in [9.17, 15) is 9.59 Å². The molecule has 0 radical (unpaired) electrons. The van der Waals surface area contributed by atoms with Crippen LogP contribution in [0, 0.1) is 0 Å². The summed E-state index contributed by atoms with van der Waals surface area (Å²) in [5.74, 6) is -3.54. The van der Waals surface area contributed by atoms with E-state index in [2.05, 4.69) is 0 Å². The Morgan fingerprint density at radius 1 is 0.696 bits per heavy atom. The summed E-state index contributed by atoms with van der Waals surface area (Å²) in [6.07, 6.45) is -4.53. The van der Waals surface area contributed by atoms with Gasteiger partial charge < -0.3 is 20.4 Å². The van der Waals surface area contributed by atoms with Gasteiger partial charge in [-0.1, -0.05) is 0 Å². The maximum Gasteiger partial charge on any atom is 0 e. The molecular weight excluding hydrogens is 449 g/mol. The summed E-state index contributed by atoms with van der Waals surface area (Å²) in [6.45, 7) is 0. The van der Waals surface area contributed by atoms with E-state index in [4.69, 9.17) is 55.5 Å². The number of aliphatic carboxylic acids is 2. The summed E-state index contributed by atoms with van der Waals surface area (Å²) >= 11 is 0. The molecule has 0 spiro atoms. The monoisotopic (exact) mass is 460 g/mol. The summed E-state index contributed by atoms with van der Waals surface area (Å²) < 4.78 is 63.2. The Bertz CT molecular complexity index is 453. The van der Waals surface area contributed by atoms with Crippen LogP contribution in [0.2, 0.25) is 0 Å². The van der Waals surface area contributed by atoms with Crippen molar-refractivity contribution in [1.82, 2.24) is 0 Å². The van der Waals surface area contributed by atoms with Gasteiger partial charge in [-0.15, -0.1) is 0 Å². The van der Waals surface area contributed by atoms with Crippen LogP contribution in [0.5, 0.6) is 0 Å². The molecule has 0 saturated heterocycles. The van der Waals surface area contributed by atoms with Gasteiger partial charge in [0.2, 0.25) is 0 Å². The van der Waals surface area contributed by atoms with Crippen molar-refractivity contribution < 1.29 is 84.5 Å². The molecule has 0 aromatic heterocycles. The third-order valence-electron chi connectivity index (χ3n) is 0.805. The van der Waals surface area contributed by atoms with Crippen LogP contribution in [0.1, 0.15) is 0 Å². The Morgan fingerprint density at radius 2 is 0.783 bits per heavy atom. The van der Waals surface area contributed by atoms with E-state index in [-0.39, 0.29) is 72.1 Å². The average molecular weight is 462 g/mol. The zero-order chi connectivity index (χ0) is 17.3. The molecule has 0 rings (SSSR count). The van der Waals surface area contributed by atoms with Gasteiger partial charge >= 0.3 is 85.3 Å². The molecule has 0 aromatic rings. The molecule has 0 saturated carbocycles. The summed E-state index contributed by atoms with van der Waals surface area (Å²) in [7, 11) is -9.33. The smallest absolute Gasteiger partial charge is 0 e. The predicted molar refractivity (Wildman–Crippen MR) is 71.3 cm³/mol. The Balaban J connectivity index is -0.0000000483. The normalized spacial score (nSPS) is 11.9. The third kappa shape index (κ3) is 60.0. The minimum atomic E-state index is -4.67. The van der Waals surface area contributed by atoms with E-state index in [0.717, 1.165) is 0 Å². The number of carbonyl (C=O) groups is 2. The molecule has 0 bridgehead atoms. The average Bonchev–Trinajstić information content (AvgIpc) is 2.09. The van der Waals surface area contributed by atoms with Crippen molar-refractivity contribution in [2.75, 3.05) is 0 Å². The summed E-state index contributed by atoms with van der Waals surface area (Å²) in [5, 5.41) is 32.5. The van der Waals surface area contributed by atoms with E-state index in [1.54, 1.807) is 0 Å². The van der Waals surface area contributed by atoms with Gasteiger partial charge in [-0.25, -0.2) is 9.59 Å². The molecule has 8 N–H and O–H groups in total. The number of hydrogen-bond donors (Lipinski definition) is 8. The fourth-order valence-corrected chi connectivity index (χ4v) is 0.270. The minimum Gasteiger partial charge on any atom is 0 e. The van der Waals surface area contributed by atoms with Gasteiger partial charge in [-0.05, 0) is 0 Å². The minimum absolute atomic E-state index is 0. The van der Waals surface area contributed by atoms with Crippen LogP contribution in [-0.2, 0) is 49.9 Å². The Labute approximate surface area is 180 Å². The van der Waals surface area contributed by atoms with Gasteiger partial charge in [0.25, 0.3) is 0 Å². The van der Waals surface area contributed by atoms with Gasteiger partial charge in [-0.3, -0.25) is 18.2 Å². The molecule has 14 nitrogen and oxygen atoms in total. The fraction of sp³-hybridized carbons (Fsp3) is 0.500. The van der Waals surface area contributed by atoms with E-state index < -0.39 is 44.9 Å². The number of aliphatic hydroxyl groups excluding tert-OH is 2. The zero-order valence-corrected chi connectivity index (χ0v) is 14.3. The van der Waals surface area contributed by atoms with Crippen molar-refractivity contribution in [3.63, 3.8) is 0 Å². The Kier molecular flexibility index (Phi) is 30.3. The molecular formula is C4H13MgNaO14S2Zn. The molecule has 23 heavy (non-hydrogen) atoms. The van der Waals surface area contributed by atoms with Crippen LogP contribution < -0.4 is 0 Å². The topological polar surface area (TPSA) is 264 Å². The van der Waals surface area contributed by atoms with Crippen molar-refractivity contribution in [2.24, 2.45) is 0 Å². The Morgan fingerprint density at radius 3 is 0.826 bits per heavy atom. The number of hydrogen-bond acceptors (Lipinski definition) is 8. The molecule has 0 aliphatic rings. The van der Waals surface area contributed by atoms with Crippen LogP contribution >= 0.6 is 0 Å². The largest absolute Gasteiger partial charge is 0 e. The number of carboxylic acid groups (broad SMARTS) is 2. The number of rotatable bonds is 3. The molecule has 0 aliphatic heterocycles. The summed E-state index contributed by atoms with van der Waals surface area (Å²) in [5.41, 5.74) is 0. The van der Waals surface area contributed by atoms with Crippen LogP contribution in [-0.4, -0.2) is 132 Å². The van der Waals surface area contributed by atoms with Gasteiger partial charge in [-0.2, -0.15) is 16.8 Å². The second-order valence-electron chi connectivity index (χ2n) is 2.46. The second kappa shape index (κ2) is 17.8. The summed E-state index contributed by atoms with van der Waals surface area (Å²) in [4.78, 5) is 19.5. The van der Waals surface area contributed by atoms with Crippen molar-refractivity contribution >= 4 is 85.3 Å². The van der Waals surface area contributed by atoms with Crippen LogP contribution in [0.25, 0.3) is 0 Å². The van der Waals surface area contributed by atoms with Gasteiger partial charge in [0.1, 0.15) is 0 Å². The van der Waals surface area contributed by atoms with E-state index in [1.165, 1.54) is 0 Å². The Hall–Kier alpha value is 0.990. The maximum absolute atomic E-state index is 9.77. The van der Waals surface area contributed by atoms with Crippen LogP contribution in [0.15, 0.2) is 0 Å². The first-order valence-corrected chi connectivity index (χ1v) is 6.47. The third-order valence-corrected chi connectivity index (χ3v) is 0.805. The van der Waals surface area contributed by atoms with Crippen LogP contribution in [0.4, 0.5) is 0 Å². The van der Waals surface area contributed by atoms with E-state index in [0.29, 0.717) is 0 Å². The van der Waals surface area contributed by atoms with E-state index in [1.807, 2.05) is 0 Å². The quantitative estimate of drug-likeness (QED) is 0.144. The van der Waals surface area contributed by atoms with Crippen molar-refractivity contribution in [3.05, 3.63) is 0 Å². The molecule has 19 heteroatoms. The van der Waals surface area contributed by atoms with Crippen molar-refractivity contribution in [1.29, 1.82) is 0 Å². The second-order valence-corrected chi connectivity index (χ2v) is 4.25. The molecule has 0 heterocycles. The molecule has 0 aliphatic carbocycles. The predicted octanol–water partition coefficient (Wildman–Crippen LogP) is -5.00. The first kappa shape index (κ1) is 39.2. The molecule has 0 amide bonds. The van der Waals surface area contributed by atoms with Gasteiger partial charge in [0.05, 0.1) is 0 Å². The zero-order valence-electron chi connectivity index (χ0n) is 9.71. The van der Waals surface area contributed by atoms with Crippen molar-refractivity contribution in [3.8, 4) is 0 Å². The molecule has 0 fully saturated rings. The number of aliphatic hydroxyl groups is 2. The molecule has 2 unspecified atom stereocenters. The SMILES string of the molecule is O=C(O)C(O)C(O)C(=O)O.O=S(=O)(O)O.O=S(=O)(O)O.[MgH2].[NaH].[Zn]. The van der Waals surface area contributed by atoms with Gasteiger partial charge in [0, 0.05) is 19.5 Å². The van der Waals surface area contributed by atoms with Gasteiger partial charge in [0.15, 0.2) is 12.2 Å². The van der Waals surface area contributed by atoms with E-state index >= 15 is 0 Å². The standard InChI is InChI=1S/C4H6O6.Mg.Na.2H2O4S.Zn.3H/c5-1(3(7)8)2(6)4(9)10;;;2*1-5(2,3)4;;;;/h1-2,5-6H,(H,7,8)(H,9,10);;;2*(H2,1,2,3,4);;;;. The fourth-order valence-electron chi connectivity index (χ4n) is 0.270. The molecule has 130 valence electrons. The van der Waals surface area contributed by atoms with Crippen LogP contribution in [0.3, 0.4) is 0 Å². The first-order chi connectivity index (χ1) is 8.46. The molecule has 2 atom stereocenters. The number of carboxylic acids is 2. The maximum atomic E-state index is 9.77. The van der Waals surface area contributed by atoms with Crippen molar-refractivity contribution in [2.45, 2.75) is 12.2 Å². The first-order valence-electron chi connectivity index (χ1n) is 3.68.